The van der Waals surface area contributed by atoms with Crippen LogP contribution in [0, 0.1) is 18.8 Å². The summed E-state index contributed by atoms with van der Waals surface area (Å²) in [4.78, 5) is 0. The van der Waals surface area contributed by atoms with Gasteiger partial charge in [-0.3, -0.25) is 0 Å². The van der Waals surface area contributed by atoms with Gasteiger partial charge in [0.15, 0.2) is 0 Å². The van der Waals surface area contributed by atoms with Crippen molar-refractivity contribution < 1.29 is 0 Å². The number of rotatable bonds is 1. The van der Waals surface area contributed by atoms with Crippen LogP contribution in [0.5, 0.6) is 0 Å². The number of aryl methyl sites for hydroxylation is 1. The molecule has 0 unspecified atom stereocenters. The summed E-state index contributed by atoms with van der Waals surface area (Å²) in [6, 6.07) is 5.76. The zero-order valence-corrected chi connectivity index (χ0v) is 8.02. The molecule has 1 aromatic rings. The molecule has 1 rings (SSSR count). The van der Waals surface area contributed by atoms with E-state index in [-0.39, 0.29) is 0 Å². The Bertz CT molecular complexity index is 345. The summed E-state index contributed by atoms with van der Waals surface area (Å²) in [6.45, 7) is 2.73. The first-order chi connectivity index (χ1) is 6.24. The lowest BCUT2D eigenvalue weighted by molar-refractivity contribution is 0.938. The third-order valence-electron chi connectivity index (χ3n) is 1.74. The predicted molar refractivity (Wildman–Crippen MR) is 56.4 cm³/mol. The second-order valence-electron chi connectivity index (χ2n) is 2.91. The molecule has 0 aliphatic rings. The van der Waals surface area contributed by atoms with Gasteiger partial charge in [-0.25, -0.2) is 0 Å². The van der Waals surface area contributed by atoms with Crippen LogP contribution >= 0.6 is 0 Å². The molecule has 0 aliphatic heterocycles. The van der Waals surface area contributed by atoms with E-state index < -0.39 is 0 Å². The minimum absolute atomic E-state index is 0.712. The van der Waals surface area contributed by atoms with Crippen LogP contribution in [0.15, 0.2) is 18.2 Å². The SMILES string of the molecule is CNCC#Cc1ccc(N)cc1C. The van der Waals surface area contributed by atoms with E-state index in [9.17, 15) is 0 Å². The molecular weight excluding hydrogens is 160 g/mol. The largest absolute Gasteiger partial charge is 0.399 e. The van der Waals surface area contributed by atoms with Gasteiger partial charge >= 0.3 is 0 Å². The van der Waals surface area contributed by atoms with Crippen molar-refractivity contribution in [2.24, 2.45) is 0 Å². The van der Waals surface area contributed by atoms with Crippen molar-refractivity contribution >= 4 is 5.69 Å². The minimum atomic E-state index is 0.712. The van der Waals surface area contributed by atoms with E-state index >= 15 is 0 Å². The highest BCUT2D eigenvalue weighted by molar-refractivity contribution is 5.50. The summed E-state index contributed by atoms with van der Waals surface area (Å²) in [5.74, 6) is 6.08. The number of hydrogen-bond acceptors (Lipinski definition) is 2. The van der Waals surface area contributed by atoms with Gasteiger partial charge in [0, 0.05) is 11.3 Å². The summed E-state index contributed by atoms with van der Waals surface area (Å²) in [7, 11) is 1.88. The monoisotopic (exact) mass is 174 g/mol. The van der Waals surface area contributed by atoms with Crippen molar-refractivity contribution in [3.8, 4) is 11.8 Å². The standard InChI is InChI=1S/C11H14N2/c1-9-8-11(12)6-5-10(9)4-3-7-13-2/h5-6,8,13H,7,12H2,1-2H3. The van der Waals surface area contributed by atoms with Crippen LogP contribution in [0.25, 0.3) is 0 Å². The Labute approximate surface area is 79.1 Å². The third-order valence-corrected chi connectivity index (χ3v) is 1.74. The lowest BCUT2D eigenvalue weighted by Gasteiger charge is -1.98. The molecule has 0 fully saturated rings. The first kappa shape index (κ1) is 9.63. The second-order valence-corrected chi connectivity index (χ2v) is 2.91. The smallest absolute Gasteiger partial charge is 0.0577 e. The summed E-state index contributed by atoms with van der Waals surface area (Å²) >= 11 is 0. The molecule has 2 nitrogen and oxygen atoms in total. The van der Waals surface area contributed by atoms with Gasteiger partial charge < -0.3 is 11.1 Å². The Hall–Kier alpha value is -1.46. The van der Waals surface area contributed by atoms with E-state index in [0.717, 1.165) is 16.8 Å². The van der Waals surface area contributed by atoms with E-state index in [1.165, 1.54) is 0 Å². The Morgan fingerprint density at radius 2 is 2.23 bits per heavy atom. The molecule has 0 bridgehead atoms. The maximum atomic E-state index is 5.62. The van der Waals surface area contributed by atoms with E-state index in [1.807, 2.05) is 32.2 Å². The first-order valence-electron chi connectivity index (χ1n) is 4.23. The van der Waals surface area contributed by atoms with Gasteiger partial charge in [-0.2, -0.15) is 0 Å². The van der Waals surface area contributed by atoms with Gasteiger partial charge in [-0.1, -0.05) is 11.8 Å². The van der Waals surface area contributed by atoms with Crippen LogP contribution in [0.2, 0.25) is 0 Å². The fraction of sp³-hybridized carbons (Fsp3) is 0.273. The predicted octanol–water partition coefficient (Wildman–Crippen LogP) is 1.15. The molecule has 0 heterocycles. The number of benzene rings is 1. The maximum Gasteiger partial charge on any atom is 0.0577 e. The average molecular weight is 174 g/mol. The van der Waals surface area contributed by atoms with Crippen LogP contribution in [0.4, 0.5) is 5.69 Å². The molecule has 1 aromatic carbocycles. The summed E-state index contributed by atoms with van der Waals surface area (Å²) in [6.07, 6.45) is 0. The molecular formula is C11H14N2. The number of nitrogens with one attached hydrogen (secondary N) is 1. The van der Waals surface area contributed by atoms with Crippen LogP contribution in [0.3, 0.4) is 0 Å². The van der Waals surface area contributed by atoms with Crippen LogP contribution in [0.1, 0.15) is 11.1 Å². The number of hydrogen-bond donors (Lipinski definition) is 2. The van der Waals surface area contributed by atoms with Crippen molar-refractivity contribution in [1.82, 2.24) is 5.32 Å². The fourth-order valence-corrected chi connectivity index (χ4v) is 1.05. The Morgan fingerprint density at radius 1 is 1.46 bits per heavy atom. The average Bonchev–Trinajstić information content (AvgIpc) is 2.09. The quantitative estimate of drug-likeness (QED) is 0.495. The summed E-state index contributed by atoms with van der Waals surface area (Å²) < 4.78 is 0. The molecule has 0 atom stereocenters. The Kier molecular flexibility index (Phi) is 3.36. The normalized spacial score (nSPS) is 9.08. The van der Waals surface area contributed by atoms with Gasteiger partial charge in [0.2, 0.25) is 0 Å². The van der Waals surface area contributed by atoms with Crippen molar-refractivity contribution in [3.05, 3.63) is 29.3 Å². The van der Waals surface area contributed by atoms with E-state index in [4.69, 9.17) is 5.73 Å². The zero-order valence-electron chi connectivity index (χ0n) is 8.02. The topological polar surface area (TPSA) is 38.0 Å². The fourth-order valence-electron chi connectivity index (χ4n) is 1.05. The highest BCUT2D eigenvalue weighted by Gasteiger charge is 1.93. The molecule has 3 N–H and O–H groups in total. The summed E-state index contributed by atoms with van der Waals surface area (Å²) in [5.41, 5.74) is 8.58. The van der Waals surface area contributed by atoms with Crippen molar-refractivity contribution in [3.63, 3.8) is 0 Å². The molecule has 0 saturated heterocycles. The maximum absolute atomic E-state index is 5.62. The van der Waals surface area contributed by atoms with E-state index in [0.29, 0.717) is 6.54 Å². The third kappa shape index (κ3) is 2.81. The lowest BCUT2D eigenvalue weighted by Crippen LogP contribution is -2.04. The molecule has 2 heteroatoms. The van der Waals surface area contributed by atoms with Gasteiger partial charge in [-0.15, -0.1) is 0 Å². The van der Waals surface area contributed by atoms with Crippen molar-refractivity contribution in [1.29, 1.82) is 0 Å². The Balaban J connectivity index is 2.85. The number of anilines is 1. The zero-order chi connectivity index (χ0) is 9.68. The molecule has 0 aliphatic carbocycles. The molecule has 0 amide bonds. The van der Waals surface area contributed by atoms with Gasteiger partial charge in [0.1, 0.15) is 0 Å². The van der Waals surface area contributed by atoms with E-state index in [2.05, 4.69) is 17.2 Å². The van der Waals surface area contributed by atoms with Crippen LogP contribution in [-0.2, 0) is 0 Å². The highest BCUT2D eigenvalue weighted by Crippen LogP contribution is 2.10. The van der Waals surface area contributed by atoms with Crippen LogP contribution < -0.4 is 11.1 Å². The number of nitrogens with two attached hydrogens (primary N) is 1. The minimum Gasteiger partial charge on any atom is -0.399 e. The first-order valence-corrected chi connectivity index (χ1v) is 4.23. The molecule has 0 saturated carbocycles. The lowest BCUT2D eigenvalue weighted by atomic mass is 10.1. The van der Waals surface area contributed by atoms with Crippen molar-refractivity contribution in [2.45, 2.75) is 6.92 Å². The molecule has 0 spiro atoms. The molecule has 68 valence electrons. The number of nitrogen functional groups attached to an aromatic ring is 1. The second kappa shape index (κ2) is 4.54. The molecule has 0 radical (unpaired) electrons. The summed E-state index contributed by atoms with van der Waals surface area (Å²) in [5, 5.41) is 2.97. The van der Waals surface area contributed by atoms with Crippen LogP contribution in [-0.4, -0.2) is 13.6 Å². The van der Waals surface area contributed by atoms with Gasteiger partial charge in [-0.05, 0) is 37.7 Å². The van der Waals surface area contributed by atoms with Gasteiger partial charge in [0.25, 0.3) is 0 Å². The van der Waals surface area contributed by atoms with E-state index in [1.54, 1.807) is 0 Å². The van der Waals surface area contributed by atoms with Gasteiger partial charge in [0.05, 0.1) is 6.54 Å². The Morgan fingerprint density at radius 3 is 2.85 bits per heavy atom. The highest BCUT2D eigenvalue weighted by atomic mass is 14.8. The molecule has 0 aromatic heterocycles. The molecule has 13 heavy (non-hydrogen) atoms. The van der Waals surface area contributed by atoms with Crippen molar-refractivity contribution in [2.75, 3.05) is 19.3 Å².